The molecule has 2 aromatic heterocycles. The fraction of sp³-hybridized carbons (Fsp3) is 0.154. The molecule has 2 aromatic rings. The van der Waals surface area contributed by atoms with Crippen molar-refractivity contribution in [3.8, 4) is 0 Å². The van der Waals surface area contributed by atoms with E-state index in [0.717, 1.165) is 11.4 Å². The maximum absolute atomic E-state index is 12.0. The number of aryl methyl sites for hydroxylation is 1. The molecule has 0 spiro atoms. The van der Waals surface area contributed by atoms with Crippen molar-refractivity contribution >= 4 is 5.78 Å². The SMILES string of the molecule is Cc1ncccc1C(=O)Cc1ccccn1. The summed E-state index contributed by atoms with van der Waals surface area (Å²) in [5.74, 6) is 0.0595. The van der Waals surface area contributed by atoms with Crippen LogP contribution in [-0.2, 0) is 6.42 Å². The molecular formula is C13H12N2O. The molecule has 2 heterocycles. The lowest BCUT2D eigenvalue weighted by Gasteiger charge is -2.03. The smallest absolute Gasteiger partial charge is 0.170 e. The summed E-state index contributed by atoms with van der Waals surface area (Å²) in [4.78, 5) is 20.2. The number of aromatic nitrogens is 2. The summed E-state index contributed by atoms with van der Waals surface area (Å²) >= 11 is 0. The first kappa shape index (κ1) is 10.5. The van der Waals surface area contributed by atoms with E-state index in [-0.39, 0.29) is 5.78 Å². The van der Waals surface area contributed by atoms with E-state index in [0.29, 0.717) is 12.0 Å². The molecule has 0 aliphatic carbocycles. The second-order valence-corrected chi connectivity index (χ2v) is 3.56. The zero-order valence-electron chi connectivity index (χ0n) is 9.05. The lowest BCUT2D eigenvalue weighted by molar-refractivity contribution is 0.0991. The summed E-state index contributed by atoms with van der Waals surface area (Å²) in [5.41, 5.74) is 2.23. The average molecular weight is 212 g/mol. The van der Waals surface area contributed by atoms with E-state index in [4.69, 9.17) is 0 Å². The first-order valence-electron chi connectivity index (χ1n) is 5.12. The molecule has 0 radical (unpaired) electrons. The van der Waals surface area contributed by atoms with Crippen molar-refractivity contribution in [2.45, 2.75) is 13.3 Å². The predicted octanol–water partition coefficient (Wildman–Crippen LogP) is 2.21. The Labute approximate surface area is 94.2 Å². The zero-order valence-corrected chi connectivity index (χ0v) is 9.05. The molecule has 2 rings (SSSR count). The first-order chi connectivity index (χ1) is 7.77. The Balaban J connectivity index is 2.19. The standard InChI is InChI=1S/C13H12N2O/c1-10-12(6-4-8-14-10)13(16)9-11-5-2-3-7-15-11/h2-8H,9H2,1H3. The number of rotatable bonds is 3. The molecule has 0 fully saturated rings. The molecule has 3 nitrogen and oxygen atoms in total. The van der Waals surface area contributed by atoms with Gasteiger partial charge in [0, 0.05) is 29.3 Å². The highest BCUT2D eigenvalue weighted by atomic mass is 16.1. The highest BCUT2D eigenvalue weighted by Crippen LogP contribution is 2.08. The number of Topliss-reactive ketones (excluding diaryl/α,β-unsaturated/α-hetero) is 1. The summed E-state index contributed by atoms with van der Waals surface area (Å²) < 4.78 is 0. The van der Waals surface area contributed by atoms with Gasteiger partial charge in [-0.25, -0.2) is 0 Å². The van der Waals surface area contributed by atoms with E-state index >= 15 is 0 Å². The van der Waals surface area contributed by atoms with Crippen LogP contribution in [0.15, 0.2) is 42.7 Å². The third-order valence-electron chi connectivity index (χ3n) is 2.38. The highest BCUT2D eigenvalue weighted by Gasteiger charge is 2.10. The maximum Gasteiger partial charge on any atom is 0.170 e. The van der Waals surface area contributed by atoms with Crippen LogP contribution in [0.5, 0.6) is 0 Å². The van der Waals surface area contributed by atoms with Crippen LogP contribution in [0.3, 0.4) is 0 Å². The summed E-state index contributed by atoms with van der Waals surface area (Å²) in [7, 11) is 0. The predicted molar refractivity (Wildman–Crippen MR) is 61.2 cm³/mol. The van der Waals surface area contributed by atoms with E-state index in [1.54, 1.807) is 24.5 Å². The second-order valence-electron chi connectivity index (χ2n) is 3.56. The van der Waals surface area contributed by atoms with Crippen LogP contribution in [-0.4, -0.2) is 15.8 Å². The van der Waals surface area contributed by atoms with Gasteiger partial charge in [0.25, 0.3) is 0 Å². The number of hydrogen-bond acceptors (Lipinski definition) is 3. The molecule has 0 aliphatic heterocycles. The molecule has 0 saturated heterocycles. The van der Waals surface area contributed by atoms with Crippen LogP contribution in [0.1, 0.15) is 21.7 Å². The van der Waals surface area contributed by atoms with E-state index in [1.165, 1.54) is 0 Å². The van der Waals surface area contributed by atoms with Gasteiger partial charge in [-0.3, -0.25) is 14.8 Å². The molecule has 0 amide bonds. The molecule has 0 unspecified atom stereocenters. The monoisotopic (exact) mass is 212 g/mol. The second kappa shape index (κ2) is 4.66. The van der Waals surface area contributed by atoms with Crippen LogP contribution in [0.2, 0.25) is 0 Å². The summed E-state index contributed by atoms with van der Waals surface area (Å²) in [6.07, 6.45) is 3.71. The Hall–Kier alpha value is -2.03. The van der Waals surface area contributed by atoms with Crippen LogP contribution in [0.4, 0.5) is 0 Å². The lowest BCUT2D eigenvalue weighted by atomic mass is 10.1. The Bertz CT molecular complexity index is 494. The van der Waals surface area contributed by atoms with Crippen LogP contribution >= 0.6 is 0 Å². The lowest BCUT2D eigenvalue weighted by Crippen LogP contribution is -2.07. The highest BCUT2D eigenvalue weighted by molar-refractivity contribution is 5.98. The van der Waals surface area contributed by atoms with Crippen LogP contribution in [0, 0.1) is 6.92 Å². The quantitative estimate of drug-likeness (QED) is 0.732. The van der Waals surface area contributed by atoms with Crippen LogP contribution in [0.25, 0.3) is 0 Å². The number of carbonyl (C=O) groups excluding carboxylic acids is 1. The van der Waals surface area contributed by atoms with Gasteiger partial charge in [-0.15, -0.1) is 0 Å². The van der Waals surface area contributed by atoms with Crippen molar-refractivity contribution in [3.63, 3.8) is 0 Å². The Morgan fingerprint density at radius 2 is 1.94 bits per heavy atom. The molecule has 0 bridgehead atoms. The topological polar surface area (TPSA) is 42.9 Å². The van der Waals surface area contributed by atoms with Gasteiger partial charge < -0.3 is 0 Å². The van der Waals surface area contributed by atoms with Gasteiger partial charge >= 0.3 is 0 Å². The van der Waals surface area contributed by atoms with Crippen molar-refractivity contribution in [2.24, 2.45) is 0 Å². The van der Waals surface area contributed by atoms with Gasteiger partial charge in [0.2, 0.25) is 0 Å². The molecule has 3 heteroatoms. The third-order valence-corrected chi connectivity index (χ3v) is 2.38. The largest absolute Gasteiger partial charge is 0.294 e. The molecular weight excluding hydrogens is 200 g/mol. The Morgan fingerprint density at radius 3 is 2.62 bits per heavy atom. The zero-order chi connectivity index (χ0) is 11.4. The van der Waals surface area contributed by atoms with Crippen molar-refractivity contribution in [1.29, 1.82) is 0 Å². The molecule has 80 valence electrons. The first-order valence-corrected chi connectivity index (χ1v) is 5.12. The summed E-state index contributed by atoms with van der Waals surface area (Å²) in [6, 6.07) is 9.14. The Kier molecular flexibility index (Phi) is 3.05. The van der Waals surface area contributed by atoms with Gasteiger partial charge in [-0.1, -0.05) is 6.07 Å². The number of carbonyl (C=O) groups is 1. The van der Waals surface area contributed by atoms with Gasteiger partial charge in [0.15, 0.2) is 5.78 Å². The van der Waals surface area contributed by atoms with Crippen LogP contribution < -0.4 is 0 Å². The average Bonchev–Trinajstić information content (AvgIpc) is 2.31. The number of ketones is 1. The molecule has 0 saturated carbocycles. The fourth-order valence-corrected chi connectivity index (χ4v) is 1.54. The molecule has 16 heavy (non-hydrogen) atoms. The number of hydrogen-bond donors (Lipinski definition) is 0. The molecule has 0 N–H and O–H groups in total. The Morgan fingerprint density at radius 1 is 1.12 bits per heavy atom. The van der Waals surface area contributed by atoms with Gasteiger partial charge in [-0.05, 0) is 31.2 Å². The summed E-state index contributed by atoms with van der Waals surface area (Å²) in [6.45, 7) is 1.84. The minimum absolute atomic E-state index is 0.0595. The maximum atomic E-state index is 12.0. The van der Waals surface area contributed by atoms with E-state index in [2.05, 4.69) is 9.97 Å². The normalized spacial score (nSPS) is 10.1. The summed E-state index contributed by atoms with van der Waals surface area (Å²) in [5, 5.41) is 0. The number of pyridine rings is 2. The van der Waals surface area contributed by atoms with E-state index in [9.17, 15) is 4.79 Å². The van der Waals surface area contributed by atoms with Crippen molar-refractivity contribution in [3.05, 3.63) is 59.7 Å². The molecule has 0 aromatic carbocycles. The molecule has 0 atom stereocenters. The van der Waals surface area contributed by atoms with Crippen molar-refractivity contribution in [2.75, 3.05) is 0 Å². The molecule has 0 aliphatic rings. The van der Waals surface area contributed by atoms with Crippen molar-refractivity contribution < 1.29 is 4.79 Å². The van der Waals surface area contributed by atoms with Gasteiger partial charge in [0.1, 0.15) is 0 Å². The van der Waals surface area contributed by atoms with E-state index in [1.807, 2.05) is 25.1 Å². The minimum atomic E-state index is 0.0595. The third kappa shape index (κ3) is 2.31. The van der Waals surface area contributed by atoms with Gasteiger partial charge in [0.05, 0.1) is 6.42 Å². The van der Waals surface area contributed by atoms with Crippen molar-refractivity contribution in [1.82, 2.24) is 9.97 Å². The minimum Gasteiger partial charge on any atom is -0.294 e. The fourth-order valence-electron chi connectivity index (χ4n) is 1.54. The number of nitrogens with zero attached hydrogens (tertiary/aromatic N) is 2. The van der Waals surface area contributed by atoms with E-state index < -0.39 is 0 Å². The van der Waals surface area contributed by atoms with Gasteiger partial charge in [-0.2, -0.15) is 0 Å².